The number of fused-ring (bicyclic) bond motifs is 2. The molecule has 0 radical (unpaired) electrons. The second-order valence-corrected chi connectivity index (χ2v) is 19.6. The third-order valence-electron chi connectivity index (χ3n) is 13.5. The number of hydrogen-bond acceptors (Lipinski definition) is 12. The summed E-state index contributed by atoms with van der Waals surface area (Å²) in [6.45, 7) is 3.80. The summed E-state index contributed by atoms with van der Waals surface area (Å²) in [5.74, 6) is -0.0655. The predicted molar refractivity (Wildman–Crippen MR) is 285 cm³/mol. The molecule has 18 heteroatoms. The van der Waals surface area contributed by atoms with Gasteiger partial charge in [-0.1, -0.05) is 83.9 Å². The standard InChI is InChI=1S/2C28H31N7O2/c1-34(2)18-21-16-31-33-35(21)17-20-12-13-24(23-10-4-3-9-22(20)23)27(36)32-25-11-6-14-29-26(25)28(37)30-15-19-7-5-8-19;1-34(2)17-21-18-35(33-32-21)16-20-12-13-24(23-10-4-3-9-22(20)23)27(36)31-25-11-6-14-29-26(25)28(37)30-15-19-7-5-8-19/h3-4,6,9-14,16,19H,5,7-8,15,17-18H2,1-2H3,(H,30,37)(H,32,36);3-4,6,9-14,18-19H,5,7-8,15-17H2,1-2H3,(H,30,37)(H,31,36). The van der Waals surface area contributed by atoms with Gasteiger partial charge in [0.1, 0.15) is 0 Å². The van der Waals surface area contributed by atoms with E-state index in [-0.39, 0.29) is 35.0 Å². The van der Waals surface area contributed by atoms with Crippen LogP contribution in [0.2, 0.25) is 0 Å². The van der Waals surface area contributed by atoms with Crippen molar-refractivity contribution in [2.45, 2.75) is 64.7 Å². The van der Waals surface area contributed by atoms with E-state index in [9.17, 15) is 19.2 Å². The molecule has 18 nitrogen and oxygen atoms in total. The van der Waals surface area contributed by atoms with Crippen molar-refractivity contribution >= 4 is 56.5 Å². The van der Waals surface area contributed by atoms with Gasteiger partial charge in [-0.15, -0.1) is 10.2 Å². The Kier molecular flexibility index (Phi) is 16.1. The summed E-state index contributed by atoms with van der Waals surface area (Å²) < 4.78 is 3.69. The van der Waals surface area contributed by atoms with Crippen LogP contribution < -0.4 is 21.3 Å². The Balaban J connectivity index is 0.000000182. The lowest BCUT2D eigenvalue weighted by atomic mass is 9.85. The van der Waals surface area contributed by atoms with Gasteiger partial charge in [0, 0.05) is 49.7 Å². The average Bonchev–Trinajstić information content (AvgIpc) is 4.00. The minimum Gasteiger partial charge on any atom is -0.350 e. The van der Waals surface area contributed by atoms with Crippen LogP contribution >= 0.6 is 0 Å². The monoisotopic (exact) mass is 995 g/mol. The molecule has 10 rings (SSSR count). The van der Waals surface area contributed by atoms with Gasteiger partial charge < -0.3 is 31.1 Å². The minimum atomic E-state index is -0.294. The number of amides is 4. The molecule has 2 saturated carbocycles. The summed E-state index contributed by atoms with van der Waals surface area (Å²) >= 11 is 0. The number of nitrogens with one attached hydrogen (secondary N) is 4. The number of rotatable bonds is 18. The maximum Gasteiger partial charge on any atom is 0.272 e. The summed E-state index contributed by atoms with van der Waals surface area (Å²) in [6.07, 6.45) is 13.8. The molecule has 0 unspecified atom stereocenters. The summed E-state index contributed by atoms with van der Waals surface area (Å²) in [7, 11) is 8.00. The van der Waals surface area contributed by atoms with E-state index >= 15 is 0 Å². The molecule has 74 heavy (non-hydrogen) atoms. The molecule has 0 spiro atoms. The smallest absolute Gasteiger partial charge is 0.272 e. The number of aromatic nitrogens is 8. The van der Waals surface area contributed by atoms with Crippen molar-refractivity contribution in [3.63, 3.8) is 0 Å². The molecule has 8 aromatic rings. The number of carbonyl (C=O) groups is 4. The van der Waals surface area contributed by atoms with Crippen LogP contribution in [0.5, 0.6) is 0 Å². The van der Waals surface area contributed by atoms with E-state index in [0.29, 0.717) is 60.5 Å². The molecule has 0 saturated heterocycles. The Morgan fingerprint density at radius 3 is 1.55 bits per heavy atom. The third kappa shape index (κ3) is 12.3. The van der Waals surface area contributed by atoms with Crippen LogP contribution in [0, 0.1) is 11.8 Å². The van der Waals surface area contributed by atoms with Gasteiger partial charge in [0.2, 0.25) is 0 Å². The highest BCUT2D eigenvalue weighted by molar-refractivity contribution is 6.16. The van der Waals surface area contributed by atoms with Crippen molar-refractivity contribution in [1.82, 2.24) is 60.4 Å². The van der Waals surface area contributed by atoms with Gasteiger partial charge in [0.15, 0.2) is 11.4 Å². The zero-order valence-electron chi connectivity index (χ0n) is 42.3. The molecule has 4 N–H and O–H groups in total. The number of anilines is 2. The largest absolute Gasteiger partial charge is 0.350 e. The highest BCUT2D eigenvalue weighted by Crippen LogP contribution is 2.29. The summed E-state index contributed by atoms with van der Waals surface area (Å²) in [5, 5.41) is 32.2. The molecule has 0 aliphatic heterocycles. The molecule has 2 aliphatic carbocycles. The topological polar surface area (TPSA) is 210 Å². The lowest BCUT2D eigenvalue weighted by Gasteiger charge is -2.25. The zero-order chi connectivity index (χ0) is 51.6. The molecule has 4 amide bonds. The minimum absolute atomic E-state index is 0.218. The van der Waals surface area contributed by atoms with Crippen LogP contribution in [0.3, 0.4) is 0 Å². The van der Waals surface area contributed by atoms with E-state index in [1.807, 2.05) is 121 Å². The second-order valence-electron chi connectivity index (χ2n) is 19.6. The fourth-order valence-electron chi connectivity index (χ4n) is 9.19. The SMILES string of the molecule is CN(C)Cc1cn(Cc2ccc(C(=O)Nc3cccnc3C(=O)NCC3CCC3)c3ccccc23)nn1.CN(C)Cc1cnnn1Cc1ccc(C(=O)Nc2cccnc2C(=O)NCC2CCC2)c2ccccc12. The van der Waals surface area contributed by atoms with Crippen molar-refractivity contribution in [1.29, 1.82) is 0 Å². The first-order valence-corrected chi connectivity index (χ1v) is 25.1. The average molecular weight is 995 g/mol. The number of pyridine rings is 2. The van der Waals surface area contributed by atoms with Gasteiger partial charge in [-0.25, -0.2) is 19.3 Å². The van der Waals surface area contributed by atoms with Gasteiger partial charge in [-0.05, 0) is 135 Å². The summed E-state index contributed by atoms with van der Waals surface area (Å²) in [5.41, 5.74) is 6.25. The van der Waals surface area contributed by atoms with Gasteiger partial charge in [0.25, 0.3) is 23.6 Å². The van der Waals surface area contributed by atoms with Gasteiger partial charge in [0.05, 0.1) is 48.2 Å². The second kappa shape index (κ2) is 23.6. The van der Waals surface area contributed by atoms with Crippen molar-refractivity contribution < 1.29 is 19.2 Å². The molecular weight excluding hydrogens is 933 g/mol. The first-order valence-electron chi connectivity index (χ1n) is 25.1. The number of hydrogen-bond donors (Lipinski definition) is 4. The number of benzene rings is 4. The van der Waals surface area contributed by atoms with E-state index < -0.39 is 0 Å². The Labute approximate surface area is 429 Å². The van der Waals surface area contributed by atoms with Crippen LogP contribution in [0.15, 0.2) is 122 Å². The van der Waals surface area contributed by atoms with Crippen molar-refractivity contribution in [2.75, 3.05) is 51.9 Å². The van der Waals surface area contributed by atoms with E-state index in [1.165, 1.54) is 12.8 Å². The van der Waals surface area contributed by atoms with E-state index in [2.05, 4.69) is 56.8 Å². The Bertz CT molecular complexity index is 3280. The lowest BCUT2D eigenvalue weighted by molar-refractivity contribution is 0.0926. The van der Waals surface area contributed by atoms with Crippen molar-refractivity contribution in [2.24, 2.45) is 11.8 Å². The summed E-state index contributed by atoms with van der Waals surface area (Å²) in [4.78, 5) is 65.0. The Morgan fingerprint density at radius 2 is 1.07 bits per heavy atom. The predicted octanol–water partition coefficient (Wildman–Crippen LogP) is 7.44. The van der Waals surface area contributed by atoms with Crippen molar-refractivity contribution in [3.8, 4) is 0 Å². The first-order chi connectivity index (χ1) is 36.0. The molecule has 2 fully saturated rings. The van der Waals surface area contributed by atoms with Crippen LogP contribution in [0.25, 0.3) is 21.5 Å². The maximum absolute atomic E-state index is 13.4. The lowest BCUT2D eigenvalue weighted by Crippen LogP contribution is -2.33. The molecule has 4 heterocycles. The normalized spacial score (nSPS) is 13.5. The Hall–Kier alpha value is -8.22. The fraction of sp³-hybridized carbons (Fsp3) is 0.321. The molecule has 2 aliphatic rings. The van der Waals surface area contributed by atoms with Crippen molar-refractivity contribution in [3.05, 3.63) is 167 Å². The zero-order valence-corrected chi connectivity index (χ0v) is 42.3. The molecule has 0 bridgehead atoms. The molecule has 4 aromatic carbocycles. The quantitative estimate of drug-likeness (QED) is 0.0662. The van der Waals surface area contributed by atoms with Gasteiger partial charge in [-0.2, -0.15) is 0 Å². The molecular formula is C56H62N14O4. The first kappa shape index (κ1) is 50.7. The molecule has 0 atom stereocenters. The van der Waals surface area contributed by atoms with Crippen LogP contribution in [0.1, 0.15) is 103 Å². The van der Waals surface area contributed by atoms with E-state index in [4.69, 9.17) is 0 Å². The number of nitrogens with zero attached hydrogens (tertiary/aromatic N) is 10. The van der Waals surface area contributed by atoms with E-state index in [1.54, 1.807) is 42.9 Å². The highest BCUT2D eigenvalue weighted by Gasteiger charge is 2.24. The molecule has 4 aromatic heterocycles. The fourth-order valence-corrected chi connectivity index (χ4v) is 9.19. The van der Waals surface area contributed by atoms with Gasteiger partial charge in [-0.3, -0.25) is 19.2 Å². The van der Waals surface area contributed by atoms with Crippen LogP contribution in [0.4, 0.5) is 11.4 Å². The van der Waals surface area contributed by atoms with Gasteiger partial charge >= 0.3 is 0 Å². The van der Waals surface area contributed by atoms with Crippen LogP contribution in [-0.4, -0.2) is 115 Å². The van der Waals surface area contributed by atoms with Crippen LogP contribution in [-0.2, 0) is 26.2 Å². The third-order valence-corrected chi connectivity index (χ3v) is 13.5. The maximum atomic E-state index is 13.4. The number of carbonyl (C=O) groups excluding carboxylic acids is 4. The highest BCUT2D eigenvalue weighted by atomic mass is 16.2. The molecule has 380 valence electrons. The van der Waals surface area contributed by atoms with E-state index in [0.717, 1.165) is 82.8 Å². The summed E-state index contributed by atoms with van der Waals surface area (Å²) in [6, 6.07) is 30.0. The Morgan fingerprint density at radius 1 is 0.568 bits per heavy atom.